The van der Waals surface area contributed by atoms with Crippen LogP contribution in [0.2, 0.25) is 0 Å². The second kappa shape index (κ2) is 6.37. The van der Waals surface area contributed by atoms with Gasteiger partial charge in [0.15, 0.2) is 5.78 Å². The van der Waals surface area contributed by atoms with Gasteiger partial charge in [-0.2, -0.15) is 0 Å². The topological polar surface area (TPSA) is 32.3 Å². The number of hydrogen-bond acceptors (Lipinski definition) is 3. The quantitative estimate of drug-likeness (QED) is 0.856. The predicted molar refractivity (Wildman–Crippen MR) is 86.3 cm³/mol. The Labute approximate surface area is 129 Å². The average molecular weight is 339 g/mol. The summed E-state index contributed by atoms with van der Waals surface area (Å²) in [6, 6.07) is 5.92. The summed E-state index contributed by atoms with van der Waals surface area (Å²) in [5.41, 5.74) is 1.52. The fraction of sp³-hybridized carbons (Fsp3) is 0.562. The lowest BCUT2D eigenvalue weighted by Gasteiger charge is -2.34. The lowest BCUT2D eigenvalue weighted by atomic mass is 9.82. The molecule has 0 aromatic heterocycles. The lowest BCUT2D eigenvalue weighted by Crippen LogP contribution is -2.48. The Hall–Kier alpha value is -0.710. The number of Topliss-reactive ketones (excluding diaryl/α,β-unsaturated/α-hetero) is 1. The van der Waals surface area contributed by atoms with Crippen molar-refractivity contribution in [1.82, 2.24) is 10.2 Å². The van der Waals surface area contributed by atoms with E-state index in [4.69, 9.17) is 0 Å². The van der Waals surface area contributed by atoms with Gasteiger partial charge in [-0.05, 0) is 24.6 Å². The first-order valence-corrected chi connectivity index (χ1v) is 7.93. The van der Waals surface area contributed by atoms with Crippen molar-refractivity contribution in [2.45, 2.75) is 20.8 Å². The SMILES string of the molecule is Cc1ccc(Br)cc1C(=O)C(C)(C)CN1CCNCC1. The van der Waals surface area contributed by atoms with Gasteiger partial charge in [0, 0.05) is 48.2 Å². The molecule has 0 spiro atoms. The zero-order valence-electron chi connectivity index (χ0n) is 12.5. The van der Waals surface area contributed by atoms with E-state index in [0.29, 0.717) is 0 Å². The molecule has 0 aliphatic carbocycles. The van der Waals surface area contributed by atoms with Crippen LogP contribution in [0.15, 0.2) is 22.7 Å². The van der Waals surface area contributed by atoms with Gasteiger partial charge in [-0.15, -0.1) is 0 Å². The van der Waals surface area contributed by atoms with Gasteiger partial charge in [0.05, 0.1) is 0 Å². The Morgan fingerprint density at radius 2 is 2.00 bits per heavy atom. The summed E-state index contributed by atoms with van der Waals surface area (Å²) in [5.74, 6) is 0.231. The monoisotopic (exact) mass is 338 g/mol. The number of carbonyl (C=O) groups is 1. The summed E-state index contributed by atoms with van der Waals surface area (Å²) in [6.45, 7) is 11.0. The number of nitrogens with one attached hydrogen (secondary N) is 1. The lowest BCUT2D eigenvalue weighted by molar-refractivity contribution is 0.0751. The highest BCUT2D eigenvalue weighted by molar-refractivity contribution is 9.10. The molecule has 0 atom stereocenters. The number of rotatable bonds is 4. The third-order valence-electron chi connectivity index (χ3n) is 3.89. The van der Waals surface area contributed by atoms with E-state index in [1.54, 1.807) is 0 Å². The second-order valence-electron chi connectivity index (χ2n) is 6.20. The molecule has 0 radical (unpaired) electrons. The Balaban J connectivity index is 2.15. The highest BCUT2D eigenvalue weighted by atomic mass is 79.9. The van der Waals surface area contributed by atoms with Crippen molar-refractivity contribution in [3.8, 4) is 0 Å². The summed E-state index contributed by atoms with van der Waals surface area (Å²) in [7, 11) is 0. The molecule has 0 unspecified atom stereocenters. The first-order valence-electron chi connectivity index (χ1n) is 7.14. The number of ketones is 1. The van der Waals surface area contributed by atoms with Crippen LogP contribution in [0.4, 0.5) is 0 Å². The molecule has 20 heavy (non-hydrogen) atoms. The smallest absolute Gasteiger partial charge is 0.170 e. The van der Waals surface area contributed by atoms with Gasteiger partial charge in [-0.3, -0.25) is 9.69 Å². The number of piperazine rings is 1. The maximum atomic E-state index is 12.9. The maximum absolute atomic E-state index is 12.9. The second-order valence-corrected chi connectivity index (χ2v) is 7.11. The minimum absolute atomic E-state index is 0.231. The van der Waals surface area contributed by atoms with Crippen molar-refractivity contribution in [3.05, 3.63) is 33.8 Å². The number of nitrogens with zero attached hydrogens (tertiary/aromatic N) is 1. The predicted octanol–water partition coefficient (Wildman–Crippen LogP) is 2.87. The van der Waals surface area contributed by atoms with Crippen LogP contribution in [0.1, 0.15) is 29.8 Å². The van der Waals surface area contributed by atoms with E-state index in [0.717, 1.165) is 48.3 Å². The van der Waals surface area contributed by atoms with Crippen molar-refractivity contribution in [2.24, 2.45) is 5.41 Å². The fourth-order valence-corrected chi connectivity index (χ4v) is 3.06. The molecule has 1 fully saturated rings. The van der Waals surface area contributed by atoms with Crippen LogP contribution < -0.4 is 5.32 Å². The number of aryl methyl sites for hydroxylation is 1. The van der Waals surface area contributed by atoms with Crippen molar-refractivity contribution in [3.63, 3.8) is 0 Å². The zero-order chi connectivity index (χ0) is 14.8. The summed E-state index contributed by atoms with van der Waals surface area (Å²) >= 11 is 3.46. The van der Waals surface area contributed by atoms with Crippen LogP contribution in [0, 0.1) is 12.3 Å². The third kappa shape index (κ3) is 3.68. The van der Waals surface area contributed by atoms with Crippen LogP contribution in [-0.4, -0.2) is 43.4 Å². The Morgan fingerprint density at radius 1 is 1.35 bits per heavy atom. The first-order chi connectivity index (χ1) is 9.40. The number of halogens is 1. The molecular weight excluding hydrogens is 316 g/mol. The van der Waals surface area contributed by atoms with Crippen LogP contribution in [0.25, 0.3) is 0 Å². The molecule has 1 heterocycles. The molecule has 1 aliphatic rings. The average Bonchev–Trinajstić information content (AvgIpc) is 2.41. The summed E-state index contributed by atoms with van der Waals surface area (Å²) in [6.07, 6.45) is 0. The maximum Gasteiger partial charge on any atom is 0.170 e. The van der Waals surface area contributed by atoms with Gasteiger partial charge in [0.2, 0.25) is 0 Å². The minimum Gasteiger partial charge on any atom is -0.314 e. The summed E-state index contributed by atoms with van der Waals surface area (Å²) in [4.78, 5) is 15.2. The van der Waals surface area contributed by atoms with Gasteiger partial charge < -0.3 is 5.32 Å². The highest BCUT2D eigenvalue weighted by Gasteiger charge is 2.32. The number of hydrogen-bond donors (Lipinski definition) is 1. The standard InChI is InChI=1S/C16H23BrN2O/c1-12-4-5-13(17)10-14(12)15(20)16(2,3)11-19-8-6-18-7-9-19/h4-5,10,18H,6-9,11H2,1-3H3. The molecule has 0 amide bonds. The van der Waals surface area contributed by atoms with E-state index in [2.05, 4.69) is 40.0 Å². The first kappa shape index (κ1) is 15.7. The van der Waals surface area contributed by atoms with Gasteiger partial charge in [-0.1, -0.05) is 35.8 Å². The minimum atomic E-state index is -0.358. The Morgan fingerprint density at radius 3 is 2.65 bits per heavy atom. The van der Waals surface area contributed by atoms with Crippen molar-refractivity contribution in [1.29, 1.82) is 0 Å². The van der Waals surface area contributed by atoms with Gasteiger partial charge in [0.1, 0.15) is 0 Å². The van der Waals surface area contributed by atoms with Crippen LogP contribution >= 0.6 is 15.9 Å². The van der Waals surface area contributed by atoms with E-state index in [1.807, 2.05) is 25.1 Å². The Kier molecular flexibility index (Phi) is 4.99. The van der Waals surface area contributed by atoms with E-state index >= 15 is 0 Å². The largest absolute Gasteiger partial charge is 0.314 e. The van der Waals surface area contributed by atoms with E-state index in [-0.39, 0.29) is 11.2 Å². The molecule has 1 N–H and O–H groups in total. The number of carbonyl (C=O) groups excluding carboxylic acids is 1. The van der Waals surface area contributed by atoms with Crippen LogP contribution in [0.3, 0.4) is 0 Å². The molecule has 3 nitrogen and oxygen atoms in total. The molecule has 4 heteroatoms. The fourth-order valence-electron chi connectivity index (χ4n) is 2.70. The highest BCUT2D eigenvalue weighted by Crippen LogP contribution is 2.27. The molecule has 0 bridgehead atoms. The van der Waals surface area contributed by atoms with Crippen molar-refractivity contribution >= 4 is 21.7 Å². The van der Waals surface area contributed by atoms with Crippen LogP contribution in [0.5, 0.6) is 0 Å². The van der Waals surface area contributed by atoms with Crippen molar-refractivity contribution in [2.75, 3.05) is 32.7 Å². The molecule has 1 saturated heterocycles. The zero-order valence-corrected chi connectivity index (χ0v) is 14.1. The van der Waals surface area contributed by atoms with E-state index < -0.39 is 0 Å². The Bertz CT molecular complexity index is 493. The summed E-state index contributed by atoms with van der Waals surface area (Å²) in [5, 5.41) is 3.35. The number of benzene rings is 1. The molecule has 1 aromatic carbocycles. The van der Waals surface area contributed by atoms with E-state index in [9.17, 15) is 4.79 Å². The normalized spacial score (nSPS) is 17.2. The molecule has 1 aromatic rings. The molecule has 1 aliphatic heterocycles. The third-order valence-corrected chi connectivity index (χ3v) is 4.38. The molecular formula is C16H23BrN2O. The van der Waals surface area contributed by atoms with Crippen molar-refractivity contribution < 1.29 is 4.79 Å². The van der Waals surface area contributed by atoms with Gasteiger partial charge in [0.25, 0.3) is 0 Å². The van der Waals surface area contributed by atoms with Gasteiger partial charge >= 0.3 is 0 Å². The van der Waals surface area contributed by atoms with E-state index in [1.165, 1.54) is 0 Å². The summed E-state index contributed by atoms with van der Waals surface area (Å²) < 4.78 is 0.962. The molecule has 2 rings (SSSR count). The van der Waals surface area contributed by atoms with Gasteiger partial charge in [-0.25, -0.2) is 0 Å². The molecule has 110 valence electrons. The molecule has 0 saturated carbocycles. The van der Waals surface area contributed by atoms with Crippen LogP contribution in [-0.2, 0) is 0 Å².